The number of carboxylic acids is 1. The number of ketones is 1. The third kappa shape index (κ3) is 4.40. The Morgan fingerprint density at radius 3 is 2.48 bits per heavy atom. The topological polar surface area (TPSA) is 86.7 Å². The van der Waals surface area contributed by atoms with Crippen LogP contribution in [-0.4, -0.2) is 23.0 Å². The summed E-state index contributed by atoms with van der Waals surface area (Å²) in [4.78, 5) is 24.8. The summed E-state index contributed by atoms with van der Waals surface area (Å²) in [5.41, 5.74) is 4.31. The number of carboxylic acid groups (broad SMARTS) is 1. The normalized spacial score (nSPS) is 16.7. The number of ether oxygens (including phenoxy) is 1. The maximum absolute atomic E-state index is 12.9. The zero-order valence-corrected chi connectivity index (χ0v) is 20.1. The minimum atomic E-state index is -1.28. The van der Waals surface area contributed by atoms with Crippen molar-refractivity contribution in [1.29, 1.82) is 0 Å². The molecule has 33 heavy (non-hydrogen) atoms. The number of hydrogen-bond donors (Lipinski definition) is 1. The van der Waals surface area contributed by atoms with Crippen LogP contribution in [-0.2, 0) is 11.2 Å². The first-order chi connectivity index (χ1) is 15.5. The molecular formula is C27H19NaO5. The molecule has 0 amide bonds. The van der Waals surface area contributed by atoms with E-state index in [0.717, 1.165) is 11.1 Å². The molecule has 0 spiro atoms. The fraction of sp³-hybridized carbons (Fsp3) is 0.111. The van der Waals surface area contributed by atoms with E-state index in [0.29, 0.717) is 34.4 Å². The Morgan fingerprint density at radius 1 is 1.00 bits per heavy atom. The Kier molecular flexibility index (Phi) is 6.56. The smallest absolute Gasteiger partial charge is 0.545 e. The zero-order valence-electron chi connectivity index (χ0n) is 18.1. The van der Waals surface area contributed by atoms with Crippen molar-refractivity contribution in [2.75, 3.05) is 0 Å². The predicted molar refractivity (Wildman–Crippen MR) is 117 cm³/mol. The van der Waals surface area contributed by atoms with Gasteiger partial charge >= 0.3 is 29.6 Å². The van der Waals surface area contributed by atoms with Crippen LogP contribution in [0.5, 0.6) is 11.5 Å². The van der Waals surface area contributed by atoms with E-state index < -0.39 is 12.1 Å². The number of phenolic OH excluding ortho intramolecular Hbond substituents is 1. The van der Waals surface area contributed by atoms with Crippen molar-refractivity contribution in [3.05, 3.63) is 112 Å². The van der Waals surface area contributed by atoms with Gasteiger partial charge in [-0.15, -0.1) is 0 Å². The fourth-order valence-corrected chi connectivity index (χ4v) is 4.38. The second-order valence-electron chi connectivity index (χ2n) is 7.91. The summed E-state index contributed by atoms with van der Waals surface area (Å²) >= 11 is 0. The average molecular weight is 446 g/mol. The van der Waals surface area contributed by atoms with Gasteiger partial charge in [-0.1, -0.05) is 54.6 Å². The van der Waals surface area contributed by atoms with Gasteiger partial charge in [-0.3, -0.25) is 4.79 Å². The van der Waals surface area contributed by atoms with Crippen LogP contribution in [0.15, 0.2) is 90.0 Å². The third-order valence-electron chi connectivity index (χ3n) is 5.85. The molecule has 1 unspecified atom stereocenters. The van der Waals surface area contributed by atoms with Crippen LogP contribution in [0.25, 0.3) is 5.57 Å². The van der Waals surface area contributed by atoms with Gasteiger partial charge in [0.25, 0.3) is 0 Å². The molecule has 2 aliphatic rings. The minimum absolute atomic E-state index is 0. The number of carbonyl (C=O) groups excluding carboxylic acids is 2. The van der Waals surface area contributed by atoms with E-state index >= 15 is 0 Å². The molecule has 5 nitrogen and oxygen atoms in total. The Bertz CT molecular complexity index is 1310. The molecule has 5 rings (SSSR count). The van der Waals surface area contributed by atoms with Crippen molar-refractivity contribution < 1.29 is 54.1 Å². The van der Waals surface area contributed by atoms with Crippen molar-refractivity contribution in [1.82, 2.24) is 0 Å². The Morgan fingerprint density at radius 2 is 1.73 bits per heavy atom. The number of fused-ring (bicyclic) bond motifs is 2. The first-order valence-corrected chi connectivity index (χ1v) is 10.3. The van der Waals surface area contributed by atoms with E-state index in [4.69, 9.17) is 4.74 Å². The van der Waals surface area contributed by atoms with Crippen LogP contribution in [0.4, 0.5) is 0 Å². The van der Waals surface area contributed by atoms with Crippen molar-refractivity contribution in [2.45, 2.75) is 18.9 Å². The van der Waals surface area contributed by atoms with Crippen LogP contribution in [0.2, 0.25) is 0 Å². The molecule has 6 heteroatoms. The van der Waals surface area contributed by atoms with Gasteiger partial charge in [0, 0.05) is 40.3 Å². The molecule has 3 aromatic carbocycles. The van der Waals surface area contributed by atoms with E-state index in [9.17, 15) is 19.8 Å². The monoisotopic (exact) mass is 446 g/mol. The molecule has 0 bridgehead atoms. The van der Waals surface area contributed by atoms with Crippen molar-refractivity contribution in [3.63, 3.8) is 0 Å². The Hall–Kier alpha value is -3.12. The van der Waals surface area contributed by atoms with Gasteiger partial charge in [0.15, 0.2) is 5.78 Å². The number of aromatic hydroxyl groups is 1. The van der Waals surface area contributed by atoms with Crippen LogP contribution in [0.1, 0.15) is 33.5 Å². The first-order valence-electron chi connectivity index (χ1n) is 10.3. The Labute approximate surface area is 213 Å². The summed E-state index contributed by atoms with van der Waals surface area (Å²) in [5.74, 6) is -0.854. The van der Waals surface area contributed by atoms with E-state index in [-0.39, 0.29) is 53.1 Å². The van der Waals surface area contributed by atoms with E-state index in [1.807, 2.05) is 36.4 Å². The molecule has 0 aromatic heterocycles. The standard InChI is InChI=1S/C27H20O5.Na/c28-18-10-11-21-24(14-18)32-25-15-23(29)17(12-16-6-2-1-3-7-16)13-22(25)26(21)19-8-4-5-9-20(19)27(30)31;/h1-11,13-14,25,28H,12,15H2,(H,30,31);/q;+1/p-1. The second kappa shape index (κ2) is 9.40. The summed E-state index contributed by atoms with van der Waals surface area (Å²) in [7, 11) is 0. The quantitative estimate of drug-likeness (QED) is 0.589. The summed E-state index contributed by atoms with van der Waals surface area (Å²) in [6, 6.07) is 21.1. The van der Waals surface area contributed by atoms with Gasteiger partial charge in [0.1, 0.15) is 17.6 Å². The number of carbonyl (C=O) groups is 2. The van der Waals surface area contributed by atoms with Crippen LogP contribution < -0.4 is 39.4 Å². The summed E-state index contributed by atoms with van der Waals surface area (Å²) < 4.78 is 6.09. The number of benzene rings is 3. The van der Waals surface area contributed by atoms with E-state index in [1.165, 1.54) is 18.2 Å². The molecule has 0 radical (unpaired) electrons. The van der Waals surface area contributed by atoms with Crippen LogP contribution in [0, 0.1) is 0 Å². The second-order valence-corrected chi connectivity index (χ2v) is 7.91. The maximum atomic E-state index is 12.9. The molecule has 1 atom stereocenters. The van der Waals surface area contributed by atoms with Gasteiger partial charge in [-0.25, -0.2) is 0 Å². The van der Waals surface area contributed by atoms with Crippen molar-refractivity contribution in [2.24, 2.45) is 0 Å². The van der Waals surface area contributed by atoms with E-state index in [1.54, 1.807) is 24.3 Å². The SMILES string of the molecule is O=C1CC2Oc3cc(O)ccc3C(c3ccccc3C(=O)[O-])=C2C=C1Cc1ccccc1.[Na+]. The van der Waals surface area contributed by atoms with E-state index in [2.05, 4.69) is 0 Å². The zero-order chi connectivity index (χ0) is 22.2. The molecule has 1 aliphatic heterocycles. The number of allylic oxidation sites excluding steroid dienone is 1. The number of phenols is 1. The molecule has 0 saturated heterocycles. The Balaban J connectivity index is 0.00000259. The minimum Gasteiger partial charge on any atom is -0.545 e. The number of hydrogen-bond acceptors (Lipinski definition) is 5. The third-order valence-corrected chi connectivity index (χ3v) is 5.85. The fourth-order valence-electron chi connectivity index (χ4n) is 4.38. The molecule has 0 saturated carbocycles. The molecular weight excluding hydrogens is 427 g/mol. The number of aromatic carboxylic acids is 1. The van der Waals surface area contributed by atoms with Crippen molar-refractivity contribution >= 4 is 17.3 Å². The summed E-state index contributed by atoms with van der Waals surface area (Å²) in [6.45, 7) is 0. The van der Waals surface area contributed by atoms with Gasteiger partial charge in [-0.05, 0) is 29.3 Å². The summed E-state index contributed by atoms with van der Waals surface area (Å²) in [6.07, 6.45) is 1.88. The molecule has 158 valence electrons. The summed E-state index contributed by atoms with van der Waals surface area (Å²) in [5, 5.41) is 21.8. The molecule has 1 heterocycles. The molecule has 3 aromatic rings. The first kappa shape index (κ1) is 23.1. The number of Topliss-reactive ketones (excluding diaryl/α,β-unsaturated/α-hetero) is 1. The van der Waals surface area contributed by atoms with Gasteiger partial charge in [-0.2, -0.15) is 0 Å². The molecule has 0 fully saturated rings. The van der Waals surface area contributed by atoms with Crippen molar-refractivity contribution in [3.8, 4) is 11.5 Å². The molecule has 1 aliphatic carbocycles. The van der Waals surface area contributed by atoms with Crippen LogP contribution in [0.3, 0.4) is 0 Å². The van der Waals surface area contributed by atoms with Gasteiger partial charge in [0.05, 0.1) is 12.4 Å². The maximum Gasteiger partial charge on any atom is 1.00 e. The van der Waals surface area contributed by atoms with Crippen LogP contribution >= 0.6 is 0 Å². The predicted octanol–water partition coefficient (Wildman–Crippen LogP) is 0.464. The number of rotatable bonds is 4. The van der Waals surface area contributed by atoms with Gasteiger partial charge < -0.3 is 19.7 Å². The largest absolute Gasteiger partial charge is 1.00 e. The average Bonchev–Trinajstić information content (AvgIpc) is 2.79. The molecule has 1 N–H and O–H groups in total. The van der Waals surface area contributed by atoms with Gasteiger partial charge in [0.2, 0.25) is 0 Å².